The molecular weight excluding hydrogens is 323 g/mol. The zero-order valence-electron chi connectivity index (χ0n) is 13.0. The lowest BCUT2D eigenvalue weighted by Crippen LogP contribution is -2.41. The monoisotopic (exact) mass is 344 g/mol. The van der Waals surface area contributed by atoms with E-state index in [0.717, 1.165) is 18.4 Å². The van der Waals surface area contributed by atoms with Crippen LogP contribution in [0.4, 0.5) is 0 Å². The molecule has 0 atom stereocenters. The molecule has 2 amide bonds. The van der Waals surface area contributed by atoms with Crippen LogP contribution in [0.1, 0.15) is 32.3 Å². The molecule has 0 saturated heterocycles. The Bertz CT molecular complexity index is 521. The Morgan fingerprint density at radius 3 is 2.59 bits per heavy atom. The molecule has 0 aliphatic heterocycles. The Morgan fingerprint density at radius 1 is 1.27 bits per heavy atom. The van der Waals surface area contributed by atoms with Crippen LogP contribution in [0.3, 0.4) is 0 Å². The van der Waals surface area contributed by atoms with E-state index < -0.39 is 0 Å². The number of amides is 2. The van der Waals surface area contributed by atoms with Crippen LogP contribution in [0.5, 0.6) is 0 Å². The van der Waals surface area contributed by atoms with Gasteiger partial charge in [0.1, 0.15) is 0 Å². The normalized spacial score (nSPS) is 10.4. The highest BCUT2D eigenvalue weighted by Gasteiger charge is 2.14. The maximum atomic E-state index is 11.8. The van der Waals surface area contributed by atoms with Gasteiger partial charge >= 0.3 is 0 Å². The van der Waals surface area contributed by atoms with Gasteiger partial charge in [-0.1, -0.05) is 42.6 Å². The molecule has 0 heterocycles. The summed E-state index contributed by atoms with van der Waals surface area (Å²) in [5, 5.41) is 3.96. The molecule has 0 aliphatic rings. The maximum absolute atomic E-state index is 11.8. The Labute approximate surface area is 141 Å². The number of benzene rings is 1. The molecule has 0 aliphatic carbocycles. The average Bonchev–Trinajstić information content (AvgIpc) is 2.45. The zero-order valence-corrected chi connectivity index (χ0v) is 14.5. The van der Waals surface area contributed by atoms with Crippen molar-refractivity contribution < 1.29 is 9.59 Å². The lowest BCUT2D eigenvalue weighted by molar-refractivity contribution is -0.134. The minimum Gasteiger partial charge on any atom is -0.355 e. The molecule has 1 rings (SSSR count). The van der Waals surface area contributed by atoms with Crippen molar-refractivity contribution in [3.05, 3.63) is 33.8 Å². The van der Waals surface area contributed by atoms with Crippen LogP contribution in [0.25, 0.3) is 0 Å². The van der Waals surface area contributed by atoms with Gasteiger partial charge in [-0.2, -0.15) is 0 Å². The molecule has 0 saturated carbocycles. The lowest BCUT2D eigenvalue weighted by atomic mass is 10.1. The summed E-state index contributed by atoms with van der Waals surface area (Å²) >= 11 is 12.0. The largest absolute Gasteiger partial charge is 0.355 e. The van der Waals surface area contributed by atoms with Gasteiger partial charge in [-0.05, 0) is 30.5 Å². The minimum atomic E-state index is -0.133. The molecule has 1 N–H and O–H groups in total. The van der Waals surface area contributed by atoms with Crippen LogP contribution in [-0.2, 0) is 16.0 Å². The van der Waals surface area contributed by atoms with E-state index in [2.05, 4.69) is 12.2 Å². The molecule has 0 radical (unpaired) electrons. The van der Waals surface area contributed by atoms with Crippen LogP contribution in [0.2, 0.25) is 10.0 Å². The fraction of sp³-hybridized carbons (Fsp3) is 0.500. The second kappa shape index (κ2) is 9.70. The Hall–Kier alpha value is -1.26. The molecule has 1 aromatic rings. The quantitative estimate of drug-likeness (QED) is 0.735. The van der Waals surface area contributed by atoms with E-state index in [1.807, 2.05) is 6.07 Å². The van der Waals surface area contributed by atoms with E-state index in [9.17, 15) is 9.59 Å². The van der Waals surface area contributed by atoms with Gasteiger partial charge in [0.2, 0.25) is 11.8 Å². The zero-order chi connectivity index (χ0) is 16.5. The summed E-state index contributed by atoms with van der Waals surface area (Å²) in [7, 11) is 0. The first-order valence-corrected chi connectivity index (χ1v) is 8.15. The van der Waals surface area contributed by atoms with Crippen molar-refractivity contribution in [3.63, 3.8) is 0 Å². The van der Waals surface area contributed by atoms with Crippen LogP contribution < -0.4 is 5.32 Å². The molecular formula is C16H22Cl2N2O2. The van der Waals surface area contributed by atoms with Gasteiger partial charge in [0, 0.05) is 30.1 Å². The fourth-order valence-corrected chi connectivity index (χ4v) is 2.46. The number of nitrogens with zero attached hydrogens (tertiary/aromatic N) is 1. The van der Waals surface area contributed by atoms with Crippen molar-refractivity contribution in [2.45, 2.75) is 33.1 Å². The van der Waals surface area contributed by atoms with Gasteiger partial charge in [0.25, 0.3) is 0 Å². The van der Waals surface area contributed by atoms with Gasteiger partial charge in [-0.15, -0.1) is 0 Å². The summed E-state index contributed by atoms with van der Waals surface area (Å²) in [6.07, 6.45) is 2.54. The molecule has 0 bridgehead atoms. The number of halogens is 2. The van der Waals surface area contributed by atoms with E-state index in [4.69, 9.17) is 23.2 Å². The second-order valence-corrected chi connectivity index (χ2v) is 5.97. The fourth-order valence-electron chi connectivity index (χ4n) is 1.96. The third kappa shape index (κ3) is 6.67. The first-order valence-electron chi connectivity index (χ1n) is 7.40. The summed E-state index contributed by atoms with van der Waals surface area (Å²) in [6.45, 7) is 4.68. The van der Waals surface area contributed by atoms with Crippen molar-refractivity contribution in [1.29, 1.82) is 0 Å². The summed E-state index contributed by atoms with van der Waals surface area (Å²) in [6, 6.07) is 5.27. The summed E-state index contributed by atoms with van der Waals surface area (Å²) in [4.78, 5) is 25.0. The molecule has 122 valence electrons. The molecule has 6 heteroatoms. The summed E-state index contributed by atoms with van der Waals surface area (Å²) < 4.78 is 0. The maximum Gasteiger partial charge on any atom is 0.239 e. The third-order valence-corrected chi connectivity index (χ3v) is 3.89. The van der Waals surface area contributed by atoms with E-state index in [1.165, 1.54) is 11.8 Å². The summed E-state index contributed by atoms with van der Waals surface area (Å²) in [5.74, 6) is -0.262. The van der Waals surface area contributed by atoms with Crippen LogP contribution in [0, 0.1) is 0 Å². The molecule has 0 fully saturated rings. The number of rotatable bonds is 8. The smallest absolute Gasteiger partial charge is 0.239 e. The first-order chi connectivity index (χ1) is 10.4. The van der Waals surface area contributed by atoms with Gasteiger partial charge < -0.3 is 10.2 Å². The number of hydrogen-bond acceptors (Lipinski definition) is 2. The van der Waals surface area contributed by atoms with Crippen molar-refractivity contribution in [2.24, 2.45) is 0 Å². The number of carbonyl (C=O) groups excluding carboxylic acids is 2. The van der Waals surface area contributed by atoms with Gasteiger partial charge in [-0.3, -0.25) is 9.59 Å². The number of hydrogen-bond donors (Lipinski definition) is 1. The number of nitrogens with one attached hydrogen (secondary N) is 1. The van der Waals surface area contributed by atoms with E-state index in [1.54, 1.807) is 12.1 Å². The topological polar surface area (TPSA) is 49.4 Å². The molecule has 0 aromatic heterocycles. The standard InChI is InChI=1S/C16H22Cl2N2O2/c1-3-4-8-19-16(22)11-20(12(2)21)9-7-13-5-6-14(17)10-15(13)18/h5-6,10H,3-4,7-9,11H2,1-2H3,(H,19,22). The number of unbranched alkanes of at least 4 members (excludes halogenated alkanes) is 1. The molecule has 4 nitrogen and oxygen atoms in total. The van der Waals surface area contributed by atoms with Crippen molar-refractivity contribution >= 4 is 35.0 Å². The van der Waals surface area contributed by atoms with E-state index >= 15 is 0 Å². The molecule has 22 heavy (non-hydrogen) atoms. The Kier molecular flexibility index (Phi) is 8.28. The highest BCUT2D eigenvalue weighted by Crippen LogP contribution is 2.21. The van der Waals surface area contributed by atoms with Crippen LogP contribution in [0.15, 0.2) is 18.2 Å². The van der Waals surface area contributed by atoms with Gasteiger partial charge in [-0.25, -0.2) is 0 Å². The predicted molar refractivity (Wildman–Crippen MR) is 90.3 cm³/mol. The van der Waals surface area contributed by atoms with Crippen LogP contribution >= 0.6 is 23.2 Å². The van der Waals surface area contributed by atoms with Crippen molar-refractivity contribution in [2.75, 3.05) is 19.6 Å². The number of carbonyl (C=O) groups is 2. The molecule has 0 unspecified atom stereocenters. The highest BCUT2D eigenvalue weighted by atomic mass is 35.5. The van der Waals surface area contributed by atoms with E-state index in [0.29, 0.717) is 29.6 Å². The summed E-state index contributed by atoms with van der Waals surface area (Å²) in [5.41, 5.74) is 0.906. The SMILES string of the molecule is CCCCNC(=O)CN(CCc1ccc(Cl)cc1Cl)C(C)=O. The molecule has 0 spiro atoms. The predicted octanol–water partition coefficient (Wildman–Crippen LogP) is 3.30. The van der Waals surface area contributed by atoms with Gasteiger partial charge in [0.15, 0.2) is 0 Å². The van der Waals surface area contributed by atoms with Crippen molar-refractivity contribution in [3.8, 4) is 0 Å². The Balaban J connectivity index is 2.53. The van der Waals surface area contributed by atoms with Crippen molar-refractivity contribution in [1.82, 2.24) is 10.2 Å². The first kappa shape index (κ1) is 18.8. The Morgan fingerprint density at radius 2 is 2.00 bits per heavy atom. The van der Waals surface area contributed by atoms with Gasteiger partial charge in [0.05, 0.1) is 6.54 Å². The lowest BCUT2D eigenvalue weighted by Gasteiger charge is -2.21. The molecule has 1 aromatic carbocycles. The second-order valence-electron chi connectivity index (χ2n) is 5.13. The average molecular weight is 345 g/mol. The van der Waals surface area contributed by atoms with Crippen LogP contribution in [-0.4, -0.2) is 36.3 Å². The van der Waals surface area contributed by atoms with E-state index in [-0.39, 0.29) is 18.4 Å². The third-order valence-electron chi connectivity index (χ3n) is 3.30. The highest BCUT2D eigenvalue weighted by molar-refractivity contribution is 6.35. The minimum absolute atomic E-state index is 0.0737.